The van der Waals surface area contributed by atoms with Crippen LogP contribution in [-0.2, 0) is 4.79 Å². The maximum absolute atomic E-state index is 11.9. The lowest BCUT2D eigenvalue weighted by molar-refractivity contribution is -0.122. The summed E-state index contributed by atoms with van der Waals surface area (Å²) < 4.78 is 10.5. The van der Waals surface area contributed by atoms with Crippen LogP contribution in [0.1, 0.15) is 37.7 Å². The number of fused-ring (bicyclic) bond motifs is 1. The van der Waals surface area contributed by atoms with Crippen molar-refractivity contribution in [2.24, 2.45) is 0 Å². The van der Waals surface area contributed by atoms with Crippen LogP contribution >= 0.6 is 0 Å². The second kappa shape index (κ2) is 9.21. The van der Waals surface area contributed by atoms with Gasteiger partial charge in [0.25, 0.3) is 5.91 Å². The highest BCUT2D eigenvalue weighted by atomic mass is 16.5. The molecule has 1 aliphatic rings. The molecule has 0 spiro atoms. The third-order valence-corrected chi connectivity index (χ3v) is 4.66. The van der Waals surface area contributed by atoms with Crippen LogP contribution in [0.2, 0.25) is 0 Å². The van der Waals surface area contributed by atoms with E-state index >= 15 is 0 Å². The van der Waals surface area contributed by atoms with Gasteiger partial charge in [-0.1, -0.05) is 11.6 Å². The van der Waals surface area contributed by atoms with E-state index < -0.39 is 17.6 Å². The lowest BCUT2D eigenvalue weighted by atomic mass is 9.97. The molecule has 2 N–H and O–H groups in total. The molecule has 3 rings (SSSR count). The number of carbonyl (C=O) groups excluding carboxylic acids is 2. The van der Waals surface area contributed by atoms with E-state index in [1.165, 1.54) is 24.5 Å². The molecule has 1 aromatic heterocycles. The summed E-state index contributed by atoms with van der Waals surface area (Å²) in [6.45, 7) is 1.99. The first-order valence-corrected chi connectivity index (χ1v) is 9.44. The standard InChI is InChI=1S/C21H24N2O5/c1-14-11-20(25)28-18-12-16(7-8-17(14)18)27-13-19(24)23-21(26)22-10-9-15-5-3-2-4-6-15/h5,7-8,11-12H,2-4,6,9-10,13H2,1H3,(H2,22,23,24,26). The van der Waals surface area contributed by atoms with Crippen LogP contribution in [0, 0.1) is 6.92 Å². The van der Waals surface area contributed by atoms with Crippen LogP contribution in [0.25, 0.3) is 11.0 Å². The van der Waals surface area contributed by atoms with Gasteiger partial charge in [-0.15, -0.1) is 0 Å². The first kappa shape index (κ1) is 19.7. The number of amides is 3. The molecule has 0 saturated carbocycles. The number of hydrogen-bond acceptors (Lipinski definition) is 5. The maximum atomic E-state index is 11.9. The third-order valence-electron chi connectivity index (χ3n) is 4.66. The fourth-order valence-electron chi connectivity index (χ4n) is 3.22. The van der Waals surface area contributed by atoms with Gasteiger partial charge >= 0.3 is 11.7 Å². The average Bonchev–Trinajstić information content (AvgIpc) is 2.66. The van der Waals surface area contributed by atoms with Crippen molar-refractivity contribution >= 4 is 22.9 Å². The van der Waals surface area contributed by atoms with Gasteiger partial charge in [0.2, 0.25) is 0 Å². The molecular formula is C21H24N2O5. The van der Waals surface area contributed by atoms with Crippen molar-refractivity contribution in [3.05, 3.63) is 51.9 Å². The number of imide groups is 1. The summed E-state index contributed by atoms with van der Waals surface area (Å²) in [6.07, 6.45) is 7.66. The fraction of sp³-hybridized carbons (Fsp3) is 0.381. The minimum absolute atomic E-state index is 0.319. The second-order valence-corrected chi connectivity index (χ2v) is 6.86. The highest BCUT2D eigenvalue weighted by Crippen LogP contribution is 2.22. The monoisotopic (exact) mass is 384 g/mol. The Balaban J connectivity index is 1.44. The van der Waals surface area contributed by atoms with Gasteiger partial charge in [0.05, 0.1) is 0 Å². The van der Waals surface area contributed by atoms with Gasteiger partial charge in [0.15, 0.2) is 6.61 Å². The zero-order valence-corrected chi connectivity index (χ0v) is 15.9. The van der Waals surface area contributed by atoms with E-state index in [0.717, 1.165) is 30.2 Å². The molecule has 2 aromatic rings. The summed E-state index contributed by atoms with van der Waals surface area (Å²) in [5.41, 5.74) is 2.11. The Bertz CT molecular complexity index is 961. The molecule has 1 aliphatic carbocycles. The van der Waals surface area contributed by atoms with E-state index in [2.05, 4.69) is 16.7 Å². The largest absolute Gasteiger partial charge is 0.484 e. The quantitative estimate of drug-likeness (QED) is 0.589. The van der Waals surface area contributed by atoms with Crippen LogP contribution in [-0.4, -0.2) is 25.1 Å². The van der Waals surface area contributed by atoms with Crippen LogP contribution in [0.5, 0.6) is 5.75 Å². The number of nitrogens with one attached hydrogen (secondary N) is 2. The van der Waals surface area contributed by atoms with Crippen molar-refractivity contribution < 1.29 is 18.7 Å². The summed E-state index contributed by atoms with van der Waals surface area (Å²) in [4.78, 5) is 35.1. The number of rotatable bonds is 6. The molecule has 1 aromatic carbocycles. The summed E-state index contributed by atoms with van der Waals surface area (Å²) >= 11 is 0. The van der Waals surface area contributed by atoms with Crippen molar-refractivity contribution in [3.63, 3.8) is 0 Å². The second-order valence-electron chi connectivity index (χ2n) is 6.86. The van der Waals surface area contributed by atoms with Crippen molar-refractivity contribution in [3.8, 4) is 5.75 Å². The van der Waals surface area contributed by atoms with Gasteiger partial charge in [-0.25, -0.2) is 9.59 Å². The number of aryl methyl sites for hydroxylation is 1. The number of hydrogen-bond donors (Lipinski definition) is 2. The van der Waals surface area contributed by atoms with Gasteiger partial charge < -0.3 is 14.5 Å². The molecule has 3 amide bonds. The van der Waals surface area contributed by atoms with E-state index in [4.69, 9.17) is 9.15 Å². The third kappa shape index (κ3) is 5.45. The summed E-state index contributed by atoms with van der Waals surface area (Å²) in [5.74, 6) is -0.179. The first-order chi connectivity index (χ1) is 13.5. The maximum Gasteiger partial charge on any atom is 0.336 e. The number of urea groups is 1. The lowest BCUT2D eigenvalue weighted by Gasteiger charge is -2.13. The fourth-order valence-corrected chi connectivity index (χ4v) is 3.22. The highest BCUT2D eigenvalue weighted by Gasteiger charge is 2.10. The van der Waals surface area contributed by atoms with E-state index in [0.29, 0.717) is 17.9 Å². The SMILES string of the molecule is Cc1cc(=O)oc2cc(OCC(=O)NC(=O)NCCC3=CCCCC3)ccc12. The average molecular weight is 384 g/mol. The molecule has 0 bridgehead atoms. The minimum atomic E-state index is -0.555. The van der Waals surface area contributed by atoms with Crippen molar-refractivity contribution in [1.29, 1.82) is 0 Å². The summed E-state index contributed by atoms with van der Waals surface area (Å²) in [6, 6.07) is 5.87. The molecule has 7 nitrogen and oxygen atoms in total. The molecule has 1 heterocycles. The molecular weight excluding hydrogens is 360 g/mol. The lowest BCUT2D eigenvalue weighted by Crippen LogP contribution is -2.42. The van der Waals surface area contributed by atoms with E-state index in [1.807, 2.05) is 6.92 Å². The van der Waals surface area contributed by atoms with Crippen LogP contribution in [0.15, 0.2) is 45.1 Å². The zero-order valence-electron chi connectivity index (χ0n) is 15.9. The molecule has 0 fully saturated rings. The molecule has 0 atom stereocenters. The van der Waals surface area contributed by atoms with Gasteiger partial charge in [-0.2, -0.15) is 0 Å². The number of benzene rings is 1. The van der Waals surface area contributed by atoms with Crippen molar-refractivity contribution in [2.45, 2.75) is 39.0 Å². The molecule has 148 valence electrons. The predicted molar refractivity (Wildman–Crippen MR) is 105 cm³/mol. The van der Waals surface area contributed by atoms with Gasteiger partial charge in [-0.3, -0.25) is 10.1 Å². The van der Waals surface area contributed by atoms with Gasteiger partial charge in [0.1, 0.15) is 11.3 Å². The Morgan fingerprint density at radius 3 is 2.86 bits per heavy atom. The van der Waals surface area contributed by atoms with Crippen LogP contribution in [0.3, 0.4) is 0 Å². The molecule has 0 aliphatic heterocycles. The topological polar surface area (TPSA) is 97.6 Å². The summed E-state index contributed by atoms with van der Waals surface area (Å²) in [7, 11) is 0. The van der Waals surface area contributed by atoms with E-state index in [1.54, 1.807) is 18.2 Å². The molecule has 28 heavy (non-hydrogen) atoms. The minimum Gasteiger partial charge on any atom is -0.484 e. The summed E-state index contributed by atoms with van der Waals surface area (Å²) in [5, 5.41) is 5.71. The Hall–Kier alpha value is -3.09. The number of ether oxygens (including phenoxy) is 1. The van der Waals surface area contributed by atoms with Gasteiger partial charge in [-0.05, 0) is 56.7 Å². The number of carbonyl (C=O) groups is 2. The zero-order chi connectivity index (χ0) is 19.9. The smallest absolute Gasteiger partial charge is 0.336 e. The molecule has 0 unspecified atom stereocenters. The van der Waals surface area contributed by atoms with Crippen LogP contribution < -0.4 is 21.0 Å². The highest BCUT2D eigenvalue weighted by molar-refractivity contribution is 5.95. The molecule has 0 radical (unpaired) electrons. The van der Waals surface area contributed by atoms with E-state index in [-0.39, 0.29) is 6.61 Å². The van der Waals surface area contributed by atoms with Crippen molar-refractivity contribution in [2.75, 3.05) is 13.2 Å². The molecule has 0 saturated heterocycles. The Kier molecular flexibility index (Phi) is 6.47. The Morgan fingerprint density at radius 1 is 1.21 bits per heavy atom. The van der Waals surface area contributed by atoms with Gasteiger partial charge in [0, 0.05) is 24.1 Å². The first-order valence-electron chi connectivity index (χ1n) is 9.44. The Morgan fingerprint density at radius 2 is 2.07 bits per heavy atom. The Labute approximate surface area is 162 Å². The van der Waals surface area contributed by atoms with Crippen LogP contribution in [0.4, 0.5) is 4.79 Å². The number of allylic oxidation sites excluding steroid dienone is 1. The van der Waals surface area contributed by atoms with Crippen molar-refractivity contribution in [1.82, 2.24) is 10.6 Å². The van der Waals surface area contributed by atoms with E-state index in [9.17, 15) is 14.4 Å². The molecule has 7 heteroatoms. The normalized spacial score (nSPS) is 13.7. The predicted octanol–water partition coefficient (Wildman–Crippen LogP) is 3.20.